The first kappa shape index (κ1) is 14.8. The van der Waals surface area contributed by atoms with Crippen LogP contribution in [0.25, 0.3) is 11.0 Å². The lowest BCUT2D eigenvalue weighted by Gasteiger charge is -2.14. The summed E-state index contributed by atoms with van der Waals surface area (Å²) in [5.41, 5.74) is 7.29. The molecule has 0 fully saturated rings. The molecular formula is C13H17BrN4O2. The van der Waals surface area contributed by atoms with E-state index in [-0.39, 0.29) is 17.5 Å². The Morgan fingerprint density at radius 2 is 2.05 bits per heavy atom. The Labute approximate surface area is 124 Å². The van der Waals surface area contributed by atoms with Gasteiger partial charge in [-0.2, -0.15) is 0 Å². The zero-order valence-electron chi connectivity index (χ0n) is 11.1. The van der Waals surface area contributed by atoms with Crippen LogP contribution in [0.2, 0.25) is 0 Å². The molecule has 7 heteroatoms. The van der Waals surface area contributed by atoms with E-state index >= 15 is 0 Å². The molecule has 5 N–H and O–H groups in total. The van der Waals surface area contributed by atoms with Gasteiger partial charge < -0.3 is 21.0 Å². The van der Waals surface area contributed by atoms with E-state index in [0.29, 0.717) is 27.7 Å². The molecule has 0 bridgehead atoms. The van der Waals surface area contributed by atoms with Crippen LogP contribution in [0.3, 0.4) is 0 Å². The Balaban J connectivity index is 2.26. The third-order valence-electron chi connectivity index (χ3n) is 3.15. The van der Waals surface area contributed by atoms with Crippen LogP contribution in [0.4, 0.5) is 5.69 Å². The zero-order chi connectivity index (χ0) is 14.7. The van der Waals surface area contributed by atoms with E-state index in [0.717, 1.165) is 12.8 Å². The van der Waals surface area contributed by atoms with E-state index in [1.807, 2.05) is 6.92 Å². The lowest BCUT2D eigenvalue weighted by Crippen LogP contribution is -2.29. The SMILES string of the molecule is CCCC(CN)C(=O)Nc1cc2[nH]c(=O)[nH]c2cc1Br. The van der Waals surface area contributed by atoms with Gasteiger partial charge in [-0.25, -0.2) is 4.79 Å². The highest BCUT2D eigenvalue weighted by Gasteiger charge is 2.17. The van der Waals surface area contributed by atoms with Gasteiger partial charge in [0, 0.05) is 11.0 Å². The highest BCUT2D eigenvalue weighted by atomic mass is 79.9. The summed E-state index contributed by atoms with van der Waals surface area (Å²) in [6.07, 6.45) is 1.66. The van der Waals surface area contributed by atoms with Crippen molar-refractivity contribution in [3.63, 3.8) is 0 Å². The van der Waals surface area contributed by atoms with Gasteiger partial charge in [-0.3, -0.25) is 4.79 Å². The van der Waals surface area contributed by atoms with E-state index < -0.39 is 0 Å². The van der Waals surface area contributed by atoms with Crippen LogP contribution in [0.15, 0.2) is 21.4 Å². The largest absolute Gasteiger partial charge is 0.330 e. The minimum atomic E-state index is -0.277. The van der Waals surface area contributed by atoms with Gasteiger partial charge in [-0.15, -0.1) is 0 Å². The van der Waals surface area contributed by atoms with E-state index in [4.69, 9.17) is 5.73 Å². The number of amides is 1. The van der Waals surface area contributed by atoms with Gasteiger partial charge in [0.25, 0.3) is 0 Å². The highest BCUT2D eigenvalue weighted by molar-refractivity contribution is 9.10. The van der Waals surface area contributed by atoms with Crippen LogP contribution < -0.4 is 16.7 Å². The summed E-state index contributed by atoms with van der Waals surface area (Å²) < 4.78 is 0.709. The minimum Gasteiger partial charge on any atom is -0.330 e. The number of hydrogen-bond acceptors (Lipinski definition) is 3. The number of imidazole rings is 1. The standard InChI is InChI=1S/C13H17BrN4O2/c1-2-3-7(6-15)12(19)16-9-5-11-10(4-8(9)14)17-13(20)18-11/h4-5,7H,2-3,6,15H2,1H3,(H,16,19)(H2,17,18,20). The number of carbonyl (C=O) groups excluding carboxylic acids is 1. The lowest BCUT2D eigenvalue weighted by atomic mass is 10.0. The molecule has 20 heavy (non-hydrogen) atoms. The Bertz CT molecular complexity index is 677. The number of rotatable bonds is 5. The van der Waals surface area contributed by atoms with Crippen molar-refractivity contribution in [3.8, 4) is 0 Å². The van der Waals surface area contributed by atoms with Crippen molar-refractivity contribution in [1.29, 1.82) is 0 Å². The van der Waals surface area contributed by atoms with Crippen LogP contribution in [0.1, 0.15) is 19.8 Å². The van der Waals surface area contributed by atoms with Gasteiger partial charge in [0.15, 0.2) is 0 Å². The summed E-state index contributed by atoms with van der Waals surface area (Å²) in [6.45, 7) is 2.34. The van der Waals surface area contributed by atoms with Crippen molar-refractivity contribution >= 4 is 38.6 Å². The molecule has 0 saturated carbocycles. The number of benzene rings is 1. The average Bonchev–Trinajstić information content (AvgIpc) is 2.75. The number of anilines is 1. The van der Waals surface area contributed by atoms with Crippen molar-refractivity contribution < 1.29 is 4.79 Å². The van der Waals surface area contributed by atoms with E-state index in [9.17, 15) is 9.59 Å². The molecule has 1 heterocycles. The zero-order valence-corrected chi connectivity index (χ0v) is 12.7. The summed E-state index contributed by atoms with van der Waals surface area (Å²) in [5, 5.41) is 2.85. The Morgan fingerprint density at radius 1 is 1.40 bits per heavy atom. The second-order valence-electron chi connectivity index (χ2n) is 4.67. The Hall–Kier alpha value is -1.60. The molecule has 6 nitrogen and oxygen atoms in total. The van der Waals surface area contributed by atoms with Crippen LogP contribution in [-0.2, 0) is 4.79 Å². The number of carbonyl (C=O) groups is 1. The second-order valence-corrected chi connectivity index (χ2v) is 5.52. The van der Waals surface area contributed by atoms with Crippen molar-refractivity contribution in [1.82, 2.24) is 9.97 Å². The normalized spacial score (nSPS) is 12.6. The summed E-state index contributed by atoms with van der Waals surface area (Å²) in [6, 6.07) is 3.47. The monoisotopic (exact) mass is 340 g/mol. The first-order chi connectivity index (χ1) is 9.55. The number of nitrogens with two attached hydrogens (primary N) is 1. The summed E-state index contributed by atoms with van der Waals surface area (Å²) >= 11 is 3.38. The van der Waals surface area contributed by atoms with E-state index in [1.54, 1.807) is 12.1 Å². The molecule has 108 valence electrons. The molecule has 0 aliphatic rings. The van der Waals surface area contributed by atoms with Crippen molar-refractivity contribution in [3.05, 3.63) is 27.1 Å². The molecule has 1 aromatic heterocycles. The molecule has 1 amide bonds. The van der Waals surface area contributed by atoms with E-state index in [2.05, 4.69) is 31.2 Å². The lowest BCUT2D eigenvalue weighted by molar-refractivity contribution is -0.119. The number of nitrogens with one attached hydrogen (secondary N) is 3. The van der Waals surface area contributed by atoms with Crippen LogP contribution in [-0.4, -0.2) is 22.4 Å². The first-order valence-corrected chi connectivity index (χ1v) is 7.27. The molecule has 1 unspecified atom stereocenters. The second kappa shape index (κ2) is 6.23. The molecule has 1 atom stereocenters. The van der Waals surface area contributed by atoms with Gasteiger partial charge in [-0.1, -0.05) is 13.3 Å². The maximum absolute atomic E-state index is 12.1. The fraction of sp³-hybridized carbons (Fsp3) is 0.385. The number of hydrogen-bond donors (Lipinski definition) is 4. The van der Waals surface area contributed by atoms with Gasteiger partial charge >= 0.3 is 5.69 Å². The van der Waals surface area contributed by atoms with Crippen LogP contribution in [0.5, 0.6) is 0 Å². The molecule has 0 spiro atoms. The van der Waals surface area contributed by atoms with Crippen LogP contribution in [0, 0.1) is 5.92 Å². The number of aromatic nitrogens is 2. The predicted molar refractivity (Wildman–Crippen MR) is 82.7 cm³/mol. The number of halogens is 1. The summed E-state index contributed by atoms with van der Waals surface area (Å²) in [4.78, 5) is 28.7. The van der Waals surface area contributed by atoms with Crippen molar-refractivity contribution in [2.24, 2.45) is 11.7 Å². The number of fused-ring (bicyclic) bond motifs is 1. The highest BCUT2D eigenvalue weighted by Crippen LogP contribution is 2.27. The molecule has 2 rings (SSSR count). The fourth-order valence-corrected chi connectivity index (χ4v) is 2.53. The van der Waals surface area contributed by atoms with Gasteiger partial charge in [0.2, 0.25) is 5.91 Å². The van der Waals surface area contributed by atoms with Gasteiger partial charge in [0.1, 0.15) is 0 Å². The van der Waals surface area contributed by atoms with Crippen molar-refractivity contribution in [2.45, 2.75) is 19.8 Å². The molecule has 0 radical (unpaired) electrons. The summed E-state index contributed by atoms with van der Waals surface area (Å²) in [5.74, 6) is -0.305. The topological polar surface area (TPSA) is 104 Å². The Morgan fingerprint density at radius 3 is 2.65 bits per heavy atom. The number of aromatic amines is 2. The molecule has 0 aliphatic carbocycles. The molecule has 0 saturated heterocycles. The molecule has 0 aliphatic heterocycles. The average molecular weight is 341 g/mol. The summed E-state index contributed by atoms with van der Waals surface area (Å²) in [7, 11) is 0. The predicted octanol–water partition coefficient (Wildman–Crippen LogP) is 1.93. The van der Waals surface area contributed by atoms with Gasteiger partial charge in [-0.05, 0) is 34.5 Å². The third kappa shape index (κ3) is 3.10. The molecule has 1 aromatic carbocycles. The van der Waals surface area contributed by atoms with Crippen molar-refractivity contribution in [2.75, 3.05) is 11.9 Å². The fourth-order valence-electron chi connectivity index (χ4n) is 2.09. The third-order valence-corrected chi connectivity index (χ3v) is 3.81. The van der Waals surface area contributed by atoms with Gasteiger partial charge in [0.05, 0.1) is 22.6 Å². The number of H-pyrrole nitrogens is 2. The van der Waals surface area contributed by atoms with E-state index in [1.165, 1.54) is 0 Å². The minimum absolute atomic E-state index is 0.104. The Kier molecular flexibility index (Phi) is 4.61. The van der Waals surface area contributed by atoms with Crippen LogP contribution >= 0.6 is 15.9 Å². The quantitative estimate of drug-likeness (QED) is 0.668. The molecule has 2 aromatic rings. The smallest absolute Gasteiger partial charge is 0.323 e. The maximum Gasteiger partial charge on any atom is 0.323 e. The molecular weight excluding hydrogens is 324 g/mol. The first-order valence-electron chi connectivity index (χ1n) is 6.47. The maximum atomic E-state index is 12.1.